The summed E-state index contributed by atoms with van der Waals surface area (Å²) in [6, 6.07) is 0. The van der Waals surface area contributed by atoms with Gasteiger partial charge in [-0.1, -0.05) is 31.6 Å². The van der Waals surface area contributed by atoms with Crippen LogP contribution in [0.4, 0.5) is 0 Å². The molecule has 0 saturated carbocycles. The molecule has 1 heteroatoms. The van der Waals surface area contributed by atoms with Gasteiger partial charge in [0.2, 0.25) is 0 Å². The molecule has 16 heavy (non-hydrogen) atoms. The van der Waals surface area contributed by atoms with Gasteiger partial charge < -0.3 is 4.74 Å². The van der Waals surface area contributed by atoms with Crippen molar-refractivity contribution < 1.29 is 4.74 Å². The van der Waals surface area contributed by atoms with E-state index in [2.05, 4.69) is 32.9 Å². The van der Waals surface area contributed by atoms with Crippen molar-refractivity contribution in [1.82, 2.24) is 0 Å². The van der Waals surface area contributed by atoms with Crippen LogP contribution in [0.3, 0.4) is 0 Å². The minimum absolute atomic E-state index is 0.105. The minimum atomic E-state index is 0.105. The van der Waals surface area contributed by atoms with Crippen LogP contribution in [-0.4, -0.2) is 12.2 Å². The van der Waals surface area contributed by atoms with Crippen molar-refractivity contribution in [2.75, 3.05) is 6.61 Å². The number of hydrogen-bond acceptors (Lipinski definition) is 1. The molecule has 1 fully saturated rings. The lowest BCUT2D eigenvalue weighted by molar-refractivity contribution is -0.143. The maximum Gasteiger partial charge on any atom is 0.0812 e. The molecule has 3 atom stereocenters. The molecule has 0 aromatic carbocycles. The zero-order valence-electron chi connectivity index (χ0n) is 10.6. The van der Waals surface area contributed by atoms with Crippen LogP contribution in [0.5, 0.6) is 0 Å². The molecule has 2 bridgehead atoms. The Morgan fingerprint density at radius 3 is 2.88 bits per heavy atom. The summed E-state index contributed by atoms with van der Waals surface area (Å²) in [4.78, 5) is 0. The second-order valence-corrected chi connectivity index (χ2v) is 6.07. The van der Waals surface area contributed by atoms with E-state index in [1.807, 2.05) is 0 Å². The highest BCUT2D eigenvalue weighted by Crippen LogP contribution is 2.53. The molecule has 2 aliphatic heterocycles. The Morgan fingerprint density at radius 1 is 1.44 bits per heavy atom. The Hall–Kier alpha value is -0.560. The van der Waals surface area contributed by atoms with E-state index < -0.39 is 0 Å². The minimum Gasteiger partial charge on any atom is -0.369 e. The van der Waals surface area contributed by atoms with E-state index in [0.717, 1.165) is 18.9 Å². The van der Waals surface area contributed by atoms with Crippen LogP contribution in [0.2, 0.25) is 0 Å². The van der Waals surface area contributed by atoms with Crippen LogP contribution in [-0.2, 0) is 4.74 Å². The van der Waals surface area contributed by atoms with E-state index in [9.17, 15) is 0 Å². The molecule has 3 unspecified atom stereocenters. The molecule has 0 aromatic heterocycles. The van der Waals surface area contributed by atoms with Crippen LogP contribution in [0.15, 0.2) is 23.3 Å². The van der Waals surface area contributed by atoms with Crippen LogP contribution >= 0.6 is 0 Å². The Kier molecular flexibility index (Phi) is 2.29. The van der Waals surface area contributed by atoms with E-state index in [4.69, 9.17) is 4.74 Å². The summed E-state index contributed by atoms with van der Waals surface area (Å²) in [7, 11) is 0. The fourth-order valence-corrected chi connectivity index (χ4v) is 3.87. The highest BCUT2D eigenvalue weighted by molar-refractivity contribution is 5.29. The maximum atomic E-state index is 6.23. The first-order valence-corrected chi connectivity index (χ1v) is 6.63. The largest absolute Gasteiger partial charge is 0.369 e. The third kappa shape index (κ3) is 1.27. The molecule has 1 saturated heterocycles. The van der Waals surface area contributed by atoms with Gasteiger partial charge in [-0.25, -0.2) is 0 Å². The lowest BCUT2D eigenvalue weighted by atomic mass is 9.59. The lowest BCUT2D eigenvalue weighted by Gasteiger charge is -2.55. The molecule has 0 radical (unpaired) electrons. The van der Waals surface area contributed by atoms with Crippen molar-refractivity contribution in [1.29, 1.82) is 0 Å². The van der Waals surface area contributed by atoms with Crippen LogP contribution in [0.25, 0.3) is 0 Å². The maximum absolute atomic E-state index is 6.23. The average Bonchev–Trinajstić information content (AvgIpc) is 2.30. The van der Waals surface area contributed by atoms with Crippen molar-refractivity contribution in [3.8, 4) is 0 Å². The third-order valence-corrected chi connectivity index (χ3v) is 4.96. The van der Waals surface area contributed by atoms with Crippen molar-refractivity contribution in [3.05, 3.63) is 23.3 Å². The van der Waals surface area contributed by atoms with Gasteiger partial charge in [0.05, 0.1) is 12.2 Å². The molecule has 0 N–H and O–H groups in total. The van der Waals surface area contributed by atoms with Crippen molar-refractivity contribution >= 4 is 0 Å². The quantitative estimate of drug-likeness (QED) is 0.610. The summed E-state index contributed by atoms with van der Waals surface area (Å²) in [6.45, 7) is 7.81. The van der Waals surface area contributed by atoms with Crippen LogP contribution in [0, 0.1) is 17.8 Å². The summed E-state index contributed by atoms with van der Waals surface area (Å²) in [6.07, 6.45) is 8.74. The molecule has 4 rings (SSSR count). The summed E-state index contributed by atoms with van der Waals surface area (Å²) in [5.41, 5.74) is 3.25. The molecule has 2 aliphatic carbocycles. The fraction of sp³-hybridized carbons (Fsp3) is 0.733. The predicted molar refractivity (Wildman–Crippen MR) is 66.2 cm³/mol. The fourth-order valence-electron chi connectivity index (χ4n) is 3.87. The highest BCUT2D eigenvalue weighted by Gasteiger charge is 2.52. The number of hydrogen-bond donors (Lipinski definition) is 0. The second kappa shape index (κ2) is 3.46. The van der Waals surface area contributed by atoms with Crippen LogP contribution < -0.4 is 0 Å². The summed E-state index contributed by atoms with van der Waals surface area (Å²) >= 11 is 0. The van der Waals surface area contributed by atoms with E-state index in [-0.39, 0.29) is 5.60 Å². The first kappa shape index (κ1) is 10.6. The van der Waals surface area contributed by atoms with Gasteiger partial charge in [-0.2, -0.15) is 0 Å². The summed E-state index contributed by atoms with van der Waals surface area (Å²) in [5.74, 6) is 2.05. The number of allylic oxidation sites excluding steroid dienone is 1. The van der Waals surface area contributed by atoms with Gasteiger partial charge >= 0.3 is 0 Å². The van der Waals surface area contributed by atoms with Gasteiger partial charge in [0.25, 0.3) is 0 Å². The standard InChI is InChI=1S/C15H22O/c1-10(2)15-7-6-12(9-16-15)13-5-4-11(3)8-14(13)15/h6,8,10,13-14H,4-5,7,9H2,1-3H3. The van der Waals surface area contributed by atoms with Gasteiger partial charge in [-0.3, -0.25) is 0 Å². The molecule has 1 nitrogen and oxygen atoms in total. The predicted octanol–water partition coefficient (Wildman–Crippen LogP) is 3.71. The molecular weight excluding hydrogens is 196 g/mol. The zero-order chi connectivity index (χ0) is 11.3. The van der Waals surface area contributed by atoms with Gasteiger partial charge in [0.15, 0.2) is 0 Å². The van der Waals surface area contributed by atoms with E-state index >= 15 is 0 Å². The van der Waals surface area contributed by atoms with Gasteiger partial charge in [-0.05, 0) is 43.6 Å². The molecule has 2 heterocycles. The lowest BCUT2D eigenvalue weighted by Crippen LogP contribution is -2.55. The number of rotatable bonds is 1. The second-order valence-electron chi connectivity index (χ2n) is 6.07. The van der Waals surface area contributed by atoms with Crippen molar-refractivity contribution in [3.63, 3.8) is 0 Å². The zero-order valence-corrected chi connectivity index (χ0v) is 10.6. The molecule has 0 spiro atoms. The highest BCUT2D eigenvalue weighted by atomic mass is 16.5. The van der Waals surface area contributed by atoms with Gasteiger partial charge in [0, 0.05) is 5.92 Å². The number of ether oxygens (including phenoxy) is 1. The Morgan fingerprint density at radius 2 is 2.25 bits per heavy atom. The van der Waals surface area contributed by atoms with Crippen molar-refractivity contribution in [2.45, 2.75) is 45.6 Å². The monoisotopic (exact) mass is 218 g/mol. The Bertz CT molecular complexity index is 364. The molecular formula is C15H22O. The number of fused-ring (bicyclic) bond motifs is 2. The van der Waals surface area contributed by atoms with Crippen molar-refractivity contribution in [2.24, 2.45) is 17.8 Å². The van der Waals surface area contributed by atoms with Crippen LogP contribution in [0.1, 0.15) is 40.0 Å². The van der Waals surface area contributed by atoms with E-state index in [0.29, 0.717) is 11.8 Å². The summed E-state index contributed by atoms with van der Waals surface area (Å²) < 4.78 is 6.23. The van der Waals surface area contributed by atoms with E-state index in [1.54, 1.807) is 11.1 Å². The molecule has 0 aromatic rings. The first-order chi connectivity index (χ1) is 7.63. The van der Waals surface area contributed by atoms with Gasteiger partial charge in [0.1, 0.15) is 0 Å². The van der Waals surface area contributed by atoms with E-state index in [1.165, 1.54) is 12.8 Å². The normalized spacial score (nSPS) is 41.8. The Labute approximate surface area is 98.6 Å². The molecule has 88 valence electrons. The molecule has 4 aliphatic rings. The van der Waals surface area contributed by atoms with Gasteiger partial charge in [-0.15, -0.1) is 0 Å². The first-order valence-electron chi connectivity index (χ1n) is 6.63. The SMILES string of the molecule is CC1=CC2C(CC1)C1=CCC2(C(C)C)OC1. The topological polar surface area (TPSA) is 9.23 Å². The Balaban J connectivity index is 2.06. The summed E-state index contributed by atoms with van der Waals surface area (Å²) in [5, 5.41) is 0. The third-order valence-electron chi connectivity index (χ3n) is 4.96. The average molecular weight is 218 g/mol. The molecule has 0 amide bonds. The smallest absolute Gasteiger partial charge is 0.0812 e.